The Morgan fingerprint density at radius 2 is 1.70 bits per heavy atom. The van der Waals surface area contributed by atoms with Crippen LogP contribution >= 0.6 is 31.9 Å². The molecule has 0 saturated carbocycles. The Kier molecular flexibility index (Phi) is 4.19. The Bertz CT molecular complexity index is 626. The molecule has 0 spiro atoms. The lowest BCUT2D eigenvalue weighted by atomic mass is 10.3. The van der Waals surface area contributed by atoms with Crippen LogP contribution in [0.4, 0.5) is 30.6 Å². The average molecular weight is 412 g/mol. The van der Waals surface area contributed by atoms with Gasteiger partial charge in [0.2, 0.25) is 5.95 Å². The van der Waals surface area contributed by atoms with Crippen molar-refractivity contribution in [3.63, 3.8) is 0 Å². The van der Waals surface area contributed by atoms with Crippen molar-refractivity contribution in [3.8, 4) is 0 Å². The molecule has 0 aliphatic rings. The molecular formula is C11H7Br2F3N4. The normalized spacial score (nSPS) is 11.4. The first kappa shape index (κ1) is 15.0. The van der Waals surface area contributed by atoms with Crippen LogP contribution in [0, 0.1) is 0 Å². The Morgan fingerprint density at radius 3 is 2.25 bits per heavy atom. The molecule has 0 saturated heterocycles. The third kappa shape index (κ3) is 3.40. The van der Waals surface area contributed by atoms with Crippen LogP contribution < -0.4 is 11.1 Å². The first-order valence-electron chi connectivity index (χ1n) is 5.20. The molecule has 1 aromatic carbocycles. The smallest absolute Gasteiger partial charge is 0.368 e. The van der Waals surface area contributed by atoms with E-state index in [4.69, 9.17) is 5.73 Å². The van der Waals surface area contributed by atoms with Gasteiger partial charge in [-0.1, -0.05) is 6.07 Å². The summed E-state index contributed by atoms with van der Waals surface area (Å²) in [6, 6.07) is 6.04. The van der Waals surface area contributed by atoms with Gasteiger partial charge in [-0.25, -0.2) is 4.98 Å². The molecule has 1 heterocycles. The molecule has 2 rings (SSSR count). The van der Waals surface area contributed by atoms with Crippen molar-refractivity contribution < 1.29 is 13.2 Å². The highest BCUT2D eigenvalue weighted by Crippen LogP contribution is 2.34. The lowest BCUT2D eigenvalue weighted by molar-refractivity contribution is -0.141. The number of alkyl halides is 3. The van der Waals surface area contributed by atoms with Gasteiger partial charge in [0.1, 0.15) is 5.82 Å². The molecule has 0 aliphatic heterocycles. The van der Waals surface area contributed by atoms with Gasteiger partial charge in [-0.15, -0.1) is 0 Å². The fraction of sp³-hybridized carbons (Fsp3) is 0.0909. The summed E-state index contributed by atoms with van der Waals surface area (Å²) in [6.07, 6.45) is -4.58. The molecule has 0 amide bonds. The van der Waals surface area contributed by atoms with Gasteiger partial charge in [-0.05, 0) is 44.0 Å². The summed E-state index contributed by atoms with van der Waals surface area (Å²) in [5.41, 5.74) is 4.74. The molecule has 106 valence electrons. The Labute approximate surface area is 128 Å². The SMILES string of the molecule is Nc1nc(Nc2c(Br)cccc2Br)cc(C(F)(F)F)n1. The maximum atomic E-state index is 12.7. The zero-order chi connectivity index (χ0) is 14.9. The van der Waals surface area contributed by atoms with E-state index in [0.29, 0.717) is 14.6 Å². The minimum atomic E-state index is -4.58. The number of hydrogen-bond acceptors (Lipinski definition) is 4. The molecule has 0 unspecified atom stereocenters. The lowest BCUT2D eigenvalue weighted by Gasteiger charge is -2.12. The maximum Gasteiger partial charge on any atom is 0.433 e. The molecule has 3 N–H and O–H groups in total. The van der Waals surface area contributed by atoms with E-state index in [2.05, 4.69) is 47.1 Å². The number of benzene rings is 1. The number of hydrogen-bond donors (Lipinski definition) is 2. The molecule has 4 nitrogen and oxygen atoms in total. The summed E-state index contributed by atoms with van der Waals surface area (Å²) in [6.45, 7) is 0. The van der Waals surface area contributed by atoms with Crippen molar-refractivity contribution >= 4 is 49.3 Å². The standard InChI is InChI=1S/C11H7Br2F3N4/c12-5-2-1-3-6(13)9(5)19-8-4-7(11(14,15)16)18-10(17)20-8/h1-4H,(H3,17,18,19,20). The number of aromatic nitrogens is 2. The molecular weight excluding hydrogens is 405 g/mol. The number of nitrogens with two attached hydrogens (primary N) is 1. The molecule has 2 aromatic rings. The second-order valence-electron chi connectivity index (χ2n) is 3.72. The van der Waals surface area contributed by atoms with Gasteiger partial charge in [0.15, 0.2) is 5.69 Å². The van der Waals surface area contributed by atoms with E-state index in [0.717, 1.165) is 6.07 Å². The first-order valence-corrected chi connectivity index (χ1v) is 6.79. The summed E-state index contributed by atoms with van der Waals surface area (Å²) >= 11 is 6.58. The zero-order valence-electron chi connectivity index (χ0n) is 9.67. The quantitative estimate of drug-likeness (QED) is 0.771. The Morgan fingerprint density at radius 1 is 1.10 bits per heavy atom. The van der Waals surface area contributed by atoms with Crippen LogP contribution in [0.25, 0.3) is 0 Å². The number of nitrogen functional groups attached to an aromatic ring is 1. The van der Waals surface area contributed by atoms with Crippen molar-refractivity contribution in [2.45, 2.75) is 6.18 Å². The molecule has 1 aromatic heterocycles. The fourth-order valence-electron chi connectivity index (χ4n) is 1.42. The largest absolute Gasteiger partial charge is 0.433 e. The predicted molar refractivity (Wildman–Crippen MR) is 76.6 cm³/mol. The van der Waals surface area contributed by atoms with Crippen LogP contribution in [0.15, 0.2) is 33.2 Å². The van der Waals surface area contributed by atoms with Crippen LogP contribution in [-0.2, 0) is 6.18 Å². The van der Waals surface area contributed by atoms with Crippen molar-refractivity contribution in [2.24, 2.45) is 0 Å². The average Bonchev–Trinajstić information content (AvgIpc) is 2.32. The molecule has 0 fully saturated rings. The highest BCUT2D eigenvalue weighted by Gasteiger charge is 2.33. The van der Waals surface area contributed by atoms with Crippen LogP contribution in [0.1, 0.15) is 5.69 Å². The van der Waals surface area contributed by atoms with Crippen LogP contribution in [-0.4, -0.2) is 9.97 Å². The van der Waals surface area contributed by atoms with Gasteiger partial charge in [0.25, 0.3) is 0 Å². The Hall–Kier alpha value is -1.35. The molecule has 9 heteroatoms. The summed E-state index contributed by atoms with van der Waals surface area (Å²) in [5.74, 6) is -0.497. The van der Waals surface area contributed by atoms with Gasteiger partial charge < -0.3 is 11.1 Å². The molecule has 0 atom stereocenters. The highest BCUT2D eigenvalue weighted by atomic mass is 79.9. The number of halogens is 5. The molecule has 20 heavy (non-hydrogen) atoms. The summed E-state index contributed by atoms with van der Waals surface area (Å²) < 4.78 is 39.3. The van der Waals surface area contributed by atoms with E-state index in [1.165, 1.54) is 0 Å². The minimum Gasteiger partial charge on any atom is -0.368 e. The van der Waals surface area contributed by atoms with Gasteiger partial charge in [-0.3, -0.25) is 0 Å². The van der Waals surface area contributed by atoms with E-state index in [1.54, 1.807) is 18.2 Å². The summed E-state index contributed by atoms with van der Waals surface area (Å²) in [7, 11) is 0. The van der Waals surface area contributed by atoms with Crippen LogP contribution in [0.2, 0.25) is 0 Å². The van der Waals surface area contributed by atoms with Crippen molar-refractivity contribution in [3.05, 3.63) is 38.9 Å². The maximum absolute atomic E-state index is 12.7. The number of para-hydroxylation sites is 1. The van der Waals surface area contributed by atoms with Crippen LogP contribution in [0.3, 0.4) is 0 Å². The third-order valence-electron chi connectivity index (χ3n) is 2.25. The highest BCUT2D eigenvalue weighted by molar-refractivity contribution is 9.11. The van der Waals surface area contributed by atoms with Gasteiger partial charge in [-0.2, -0.15) is 18.2 Å². The monoisotopic (exact) mass is 410 g/mol. The van der Waals surface area contributed by atoms with E-state index < -0.39 is 17.8 Å². The van der Waals surface area contributed by atoms with Crippen molar-refractivity contribution in [2.75, 3.05) is 11.1 Å². The second-order valence-corrected chi connectivity index (χ2v) is 5.42. The van der Waals surface area contributed by atoms with E-state index in [1.807, 2.05) is 0 Å². The molecule has 0 aliphatic carbocycles. The first-order chi connectivity index (χ1) is 9.27. The zero-order valence-corrected chi connectivity index (χ0v) is 12.8. The number of rotatable bonds is 2. The predicted octanol–water partition coefficient (Wildman–Crippen LogP) is 4.35. The topological polar surface area (TPSA) is 63.8 Å². The Balaban J connectivity index is 2.42. The van der Waals surface area contributed by atoms with E-state index in [-0.39, 0.29) is 5.82 Å². The van der Waals surface area contributed by atoms with Gasteiger partial charge in [0, 0.05) is 15.0 Å². The summed E-state index contributed by atoms with van der Waals surface area (Å²) in [5, 5.41) is 2.77. The summed E-state index contributed by atoms with van der Waals surface area (Å²) in [4.78, 5) is 6.91. The van der Waals surface area contributed by atoms with Gasteiger partial charge >= 0.3 is 6.18 Å². The second kappa shape index (κ2) is 5.57. The van der Waals surface area contributed by atoms with E-state index >= 15 is 0 Å². The number of anilines is 3. The number of nitrogens with zero attached hydrogens (tertiary/aromatic N) is 2. The van der Waals surface area contributed by atoms with E-state index in [9.17, 15) is 13.2 Å². The number of nitrogens with one attached hydrogen (secondary N) is 1. The van der Waals surface area contributed by atoms with Crippen LogP contribution in [0.5, 0.6) is 0 Å². The molecule has 0 bridgehead atoms. The van der Waals surface area contributed by atoms with Crippen molar-refractivity contribution in [1.29, 1.82) is 0 Å². The lowest BCUT2D eigenvalue weighted by Crippen LogP contribution is -2.12. The van der Waals surface area contributed by atoms with Gasteiger partial charge in [0.05, 0.1) is 5.69 Å². The minimum absolute atomic E-state index is 0.0441. The third-order valence-corrected chi connectivity index (χ3v) is 3.57. The fourth-order valence-corrected chi connectivity index (χ4v) is 2.62. The molecule has 0 radical (unpaired) electrons. The van der Waals surface area contributed by atoms with Crippen molar-refractivity contribution in [1.82, 2.24) is 9.97 Å².